The van der Waals surface area contributed by atoms with Gasteiger partial charge in [0.05, 0.1) is 23.7 Å². The van der Waals surface area contributed by atoms with Crippen molar-refractivity contribution in [2.24, 2.45) is 7.05 Å². The van der Waals surface area contributed by atoms with Crippen LogP contribution in [-0.4, -0.2) is 28.5 Å². The number of fused-ring (bicyclic) bond motifs is 1. The van der Waals surface area contributed by atoms with Crippen LogP contribution in [0.3, 0.4) is 0 Å². The lowest BCUT2D eigenvalue weighted by Gasteiger charge is -2.05. The molecule has 1 amide bonds. The molecule has 0 aliphatic carbocycles. The van der Waals surface area contributed by atoms with Gasteiger partial charge in [-0.2, -0.15) is 0 Å². The van der Waals surface area contributed by atoms with E-state index in [2.05, 4.69) is 10.3 Å². The van der Waals surface area contributed by atoms with Crippen molar-refractivity contribution in [2.75, 3.05) is 12.4 Å². The first-order valence-electron chi connectivity index (χ1n) is 7.01. The molecule has 0 saturated heterocycles. The summed E-state index contributed by atoms with van der Waals surface area (Å²) in [5, 5.41) is 2.78. The van der Waals surface area contributed by atoms with Crippen LogP contribution in [0.4, 0.5) is 5.95 Å². The van der Waals surface area contributed by atoms with Gasteiger partial charge in [-0.15, -0.1) is 0 Å². The van der Waals surface area contributed by atoms with Gasteiger partial charge in [0, 0.05) is 12.6 Å². The van der Waals surface area contributed by atoms with Gasteiger partial charge in [0.15, 0.2) is 0 Å². The van der Waals surface area contributed by atoms with Crippen LogP contribution < -0.4 is 5.32 Å². The monoisotopic (exact) mass is 309 g/mol. The molecule has 0 unspecified atom stereocenters. The summed E-state index contributed by atoms with van der Waals surface area (Å²) < 4.78 is 6.46. The van der Waals surface area contributed by atoms with Crippen LogP contribution in [0.5, 0.6) is 0 Å². The Bertz CT molecular complexity index is 885. The van der Waals surface area contributed by atoms with E-state index in [1.54, 1.807) is 54.1 Å². The van der Waals surface area contributed by atoms with E-state index in [-0.39, 0.29) is 5.91 Å². The molecule has 0 bridgehead atoms. The number of aromatic nitrogens is 2. The van der Waals surface area contributed by atoms with Crippen LogP contribution in [0.25, 0.3) is 11.0 Å². The molecule has 23 heavy (non-hydrogen) atoms. The predicted octanol–water partition coefficient (Wildman–Crippen LogP) is 2.61. The molecule has 0 aliphatic rings. The average molecular weight is 309 g/mol. The number of anilines is 1. The number of amides is 1. The maximum atomic E-state index is 12.2. The van der Waals surface area contributed by atoms with Crippen molar-refractivity contribution in [3.8, 4) is 0 Å². The smallest absolute Gasteiger partial charge is 0.337 e. The average Bonchev–Trinajstić information content (AvgIpc) is 2.90. The number of benzene rings is 2. The second-order valence-corrected chi connectivity index (χ2v) is 5.01. The second-order valence-electron chi connectivity index (χ2n) is 5.01. The first-order valence-corrected chi connectivity index (χ1v) is 7.01. The molecule has 0 saturated carbocycles. The molecule has 6 nitrogen and oxygen atoms in total. The number of carbonyl (C=O) groups excluding carboxylic acids is 2. The molecule has 0 radical (unpaired) electrons. The molecule has 0 aliphatic heterocycles. The molecule has 3 aromatic rings. The molecule has 116 valence electrons. The first kappa shape index (κ1) is 14.8. The van der Waals surface area contributed by atoms with E-state index in [4.69, 9.17) is 4.74 Å². The number of nitrogens with one attached hydrogen (secondary N) is 1. The molecule has 0 spiro atoms. The van der Waals surface area contributed by atoms with Crippen LogP contribution in [0, 0.1) is 0 Å². The minimum atomic E-state index is -0.424. The zero-order valence-corrected chi connectivity index (χ0v) is 12.7. The number of methoxy groups -OCH3 is 1. The second kappa shape index (κ2) is 5.92. The maximum Gasteiger partial charge on any atom is 0.337 e. The van der Waals surface area contributed by atoms with Gasteiger partial charge in [0.2, 0.25) is 5.95 Å². The topological polar surface area (TPSA) is 73.2 Å². The Morgan fingerprint density at radius 1 is 1.09 bits per heavy atom. The molecule has 1 N–H and O–H groups in total. The summed E-state index contributed by atoms with van der Waals surface area (Å²) in [7, 11) is 3.13. The molecule has 1 heterocycles. The van der Waals surface area contributed by atoms with E-state index in [0.29, 0.717) is 22.6 Å². The number of ether oxygens (including phenoxy) is 1. The number of carbonyl (C=O) groups is 2. The van der Waals surface area contributed by atoms with E-state index >= 15 is 0 Å². The molecule has 0 fully saturated rings. The van der Waals surface area contributed by atoms with Crippen molar-refractivity contribution in [1.82, 2.24) is 9.55 Å². The highest BCUT2D eigenvalue weighted by Crippen LogP contribution is 2.20. The van der Waals surface area contributed by atoms with E-state index in [1.165, 1.54) is 7.11 Å². The molecule has 0 atom stereocenters. The molecular weight excluding hydrogens is 294 g/mol. The summed E-state index contributed by atoms with van der Waals surface area (Å²) in [6.45, 7) is 0. The third kappa shape index (κ3) is 2.78. The lowest BCUT2D eigenvalue weighted by Crippen LogP contribution is -2.14. The maximum absolute atomic E-state index is 12.2. The number of rotatable bonds is 3. The fourth-order valence-electron chi connectivity index (χ4n) is 2.32. The van der Waals surface area contributed by atoms with Gasteiger partial charge in [0.1, 0.15) is 0 Å². The number of hydrogen-bond donors (Lipinski definition) is 1. The van der Waals surface area contributed by atoms with Crippen LogP contribution in [0.1, 0.15) is 20.7 Å². The molecular formula is C17H15N3O3. The van der Waals surface area contributed by atoms with Crippen molar-refractivity contribution in [2.45, 2.75) is 0 Å². The number of hydrogen-bond acceptors (Lipinski definition) is 4. The lowest BCUT2D eigenvalue weighted by atomic mass is 10.2. The molecule has 2 aromatic carbocycles. The number of imidazole rings is 1. The first-order chi connectivity index (χ1) is 11.1. The van der Waals surface area contributed by atoms with Crippen LogP contribution in [0.15, 0.2) is 48.5 Å². The van der Waals surface area contributed by atoms with Crippen LogP contribution >= 0.6 is 0 Å². The van der Waals surface area contributed by atoms with Crippen molar-refractivity contribution < 1.29 is 14.3 Å². The summed E-state index contributed by atoms with van der Waals surface area (Å²) in [6, 6.07) is 14.0. The van der Waals surface area contributed by atoms with Gasteiger partial charge in [-0.3, -0.25) is 10.1 Å². The van der Waals surface area contributed by atoms with Crippen molar-refractivity contribution in [3.05, 3.63) is 59.7 Å². The van der Waals surface area contributed by atoms with E-state index in [9.17, 15) is 9.59 Å². The van der Waals surface area contributed by atoms with Gasteiger partial charge >= 0.3 is 5.97 Å². The van der Waals surface area contributed by atoms with Gasteiger partial charge in [0.25, 0.3) is 5.91 Å². The van der Waals surface area contributed by atoms with Gasteiger partial charge in [-0.25, -0.2) is 9.78 Å². The summed E-state index contributed by atoms with van der Waals surface area (Å²) >= 11 is 0. The van der Waals surface area contributed by atoms with Crippen LogP contribution in [-0.2, 0) is 11.8 Å². The zero-order chi connectivity index (χ0) is 16.4. The number of nitrogens with zero attached hydrogens (tertiary/aromatic N) is 2. The fourth-order valence-corrected chi connectivity index (χ4v) is 2.32. The summed E-state index contributed by atoms with van der Waals surface area (Å²) in [5.74, 6) is -0.250. The fraction of sp³-hybridized carbons (Fsp3) is 0.118. The summed E-state index contributed by atoms with van der Waals surface area (Å²) in [4.78, 5) is 28.2. The lowest BCUT2D eigenvalue weighted by molar-refractivity contribution is 0.0600. The van der Waals surface area contributed by atoms with Crippen LogP contribution in [0.2, 0.25) is 0 Å². The summed E-state index contributed by atoms with van der Waals surface area (Å²) in [5.41, 5.74) is 2.38. The highest BCUT2D eigenvalue weighted by atomic mass is 16.5. The van der Waals surface area contributed by atoms with Gasteiger partial charge < -0.3 is 9.30 Å². The quantitative estimate of drug-likeness (QED) is 0.755. The Hall–Kier alpha value is -3.15. The highest BCUT2D eigenvalue weighted by molar-refractivity contribution is 6.04. The van der Waals surface area contributed by atoms with E-state index in [0.717, 1.165) is 5.52 Å². The minimum absolute atomic E-state index is 0.239. The molecule has 6 heteroatoms. The highest BCUT2D eigenvalue weighted by Gasteiger charge is 2.14. The minimum Gasteiger partial charge on any atom is -0.465 e. The Labute approximate surface area is 132 Å². The number of esters is 1. The molecule has 1 aromatic heterocycles. The molecule has 3 rings (SSSR count). The third-order valence-corrected chi connectivity index (χ3v) is 3.56. The standard InChI is InChI=1S/C17H15N3O3/c1-20-14-9-8-12(16(22)23-2)10-13(14)18-17(20)19-15(21)11-6-4-3-5-7-11/h3-10H,1-2H3,(H,18,19,21). The normalized spacial score (nSPS) is 10.5. The van der Waals surface area contributed by atoms with Crippen molar-refractivity contribution in [3.63, 3.8) is 0 Å². The SMILES string of the molecule is COC(=O)c1ccc2c(c1)nc(NC(=O)c1ccccc1)n2C. The Morgan fingerprint density at radius 2 is 1.83 bits per heavy atom. The van der Waals surface area contributed by atoms with Crippen molar-refractivity contribution >= 4 is 28.9 Å². The Morgan fingerprint density at radius 3 is 2.52 bits per heavy atom. The largest absolute Gasteiger partial charge is 0.465 e. The Kier molecular flexibility index (Phi) is 3.80. The predicted molar refractivity (Wildman–Crippen MR) is 86.4 cm³/mol. The zero-order valence-electron chi connectivity index (χ0n) is 12.7. The Balaban J connectivity index is 1.94. The van der Waals surface area contributed by atoms with E-state index in [1.807, 2.05) is 6.07 Å². The van der Waals surface area contributed by atoms with Crippen molar-refractivity contribution in [1.29, 1.82) is 0 Å². The number of aryl methyl sites for hydroxylation is 1. The summed E-state index contributed by atoms with van der Waals surface area (Å²) in [6.07, 6.45) is 0. The third-order valence-electron chi connectivity index (χ3n) is 3.56. The van der Waals surface area contributed by atoms with Gasteiger partial charge in [-0.1, -0.05) is 18.2 Å². The van der Waals surface area contributed by atoms with Gasteiger partial charge in [-0.05, 0) is 30.3 Å². The van der Waals surface area contributed by atoms with E-state index < -0.39 is 5.97 Å².